The number of nitrogens with two attached hydrogens (primary N) is 1. The van der Waals surface area contributed by atoms with Crippen LogP contribution in [0.15, 0.2) is 64.5 Å². The highest BCUT2D eigenvalue weighted by molar-refractivity contribution is 7.89. The van der Waals surface area contributed by atoms with Gasteiger partial charge in [-0.15, -0.1) is 0 Å². The molecule has 3 rings (SSSR count). The number of hydrogen-bond donors (Lipinski definition) is 4. The number of hydrazine groups is 1. The highest BCUT2D eigenvalue weighted by Gasteiger charge is 2.34. The van der Waals surface area contributed by atoms with E-state index in [-0.39, 0.29) is 42.9 Å². The fourth-order valence-electron chi connectivity index (χ4n) is 4.87. The van der Waals surface area contributed by atoms with Crippen LogP contribution in [-0.4, -0.2) is 67.1 Å². The Hall–Kier alpha value is -3.55. The maximum Gasteiger partial charge on any atom is 0.251 e. The quantitative estimate of drug-likeness (QED) is 0.0975. The Morgan fingerprint density at radius 2 is 1.90 bits per heavy atom. The van der Waals surface area contributed by atoms with E-state index in [0.717, 1.165) is 24.0 Å². The minimum absolute atomic E-state index is 0.0293. The van der Waals surface area contributed by atoms with Crippen molar-refractivity contribution in [3.63, 3.8) is 0 Å². The lowest BCUT2D eigenvalue weighted by Crippen LogP contribution is -2.54. The first-order chi connectivity index (χ1) is 19.0. The monoisotopic (exact) mass is 574 g/mol. The molecule has 1 amide bonds. The summed E-state index contributed by atoms with van der Waals surface area (Å²) < 4.78 is 29.8. The Bertz CT molecular complexity index is 1300. The average Bonchev–Trinajstić information content (AvgIpc) is 2.94. The molecule has 218 valence electrons. The van der Waals surface area contributed by atoms with E-state index in [1.165, 1.54) is 11.0 Å². The maximum absolute atomic E-state index is 13.6. The molecule has 1 heterocycles. The van der Waals surface area contributed by atoms with E-state index in [1.54, 1.807) is 17.6 Å². The Morgan fingerprint density at radius 3 is 2.58 bits per heavy atom. The number of carbonyl (C=O) groups excluding carboxylic acids is 1. The van der Waals surface area contributed by atoms with Gasteiger partial charge in [-0.3, -0.25) is 4.79 Å². The van der Waals surface area contributed by atoms with Crippen molar-refractivity contribution in [3.8, 4) is 0 Å². The molecule has 2 atom stereocenters. The number of hydrogen-bond acceptors (Lipinski definition) is 7. The van der Waals surface area contributed by atoms with Crippen molar-refractivity contribution in [2.24, 2.45) is 10.7 Å². The van der Waals surface area contributed by atoms with Gasteiger partial charge in [0.05, 0.1) is 17.5 Å². The third-order valence-corrected chi connectivity index (χ3v) is 8.69. The van der Waals surface area contributed by atoms with Crippen LogP contribution in [0.1, 0.15) is 57.1 Å². The van der Waals surface area contributed by atoms with Crippen LogP contribution in [0.4, 0.5) is 0 Å². The van der Waals surface area contributed by atoms with Crippen LogP contribution in [0.2, 0.25) is 0 Å². The van der Waals surface area contributed by atoms with Gasteiger partial charge < -0.3 is 15.7 Å². The van der Waals surface area contributed by atoms with Crippen LogP contribution in [0.25, 0.3) is 0 Å². The van der Waals surface area contributed by atoms with Gasteiger partial charge in [-0.2, -0.15) is 4.72 Å². The molecule has 2 aromatic rings. The minimum atomic E-state index is -4.12. The molecule has 1 unspecified atom stereocenters. The molecule has 1 aliphatic rings. The topological polar surface area (TPSA) is 180 Å². The van der Waals surface area contributed by atoms with Gasteiger partial charge in [-0.1, -0.05) is 61.7 Å². The summed E-state index contributed by atoms with van der Waals surface area (Å²) in [6.07, 6.45) is 2.57. The van der Waals surface area contributed by atoms with Crippen LogP contribution in [0.5, 0.6) is 0 Å². The van der Waals surface area contributed by atoms with Crippen molar-refractivity contribution >= 4 is 21.9 Å². The number of piperidine rings is 1. The number of nitrogens with one attached hydrogen (secondary N) is 2. The van der Waals surface area contributed by atoms with Crippen LogP contribution in [0.3, 0.4) is 0 Å². The molecule has 40 heavy (non-hydrogen) atoms. The first kappa shape index (κ1) is 31.0. The minimum Gasteiger partial charge on any atom is -0.394 e. The van der Waals surface area contributed by atoms with Crippen molar-refractivity contribution in [3.05, 3.63) is 75.8 Å². The molecular weight excluding hydrogens is 536 g/mol. The summed E-state index contributed by atoms with van der Waals surface area (Å²) >= 11 is 0. The molecule has 0 bridgehead atoms. The number of sulfonamides is 1. The Labute approximate surface area is 234 Å². The Morgan fingerprint density at radius 1 is 1.20 bits per heavy atom. The van der Waals surface area contributed by atoms with Gasteiger partial charge in [0.25, 0.3) is 5.96 Å². The fraction of sp³-hybridized carbons (Fsp3) is 0.481. The van der Waals surface area contributed by atoms with Crippen molar-refractivity contribution in [2.45, 2.75) is 68.3 Å². The van der Waals surface area contributed by atoms with E-state index in [9.17, 15) is 28.4 Å². The van der Waals surface area contributed by atoms with Crippen molar-refractivity contribution in [1.29, 1.82) is 0 Å². The largest absolute Gasteiger partial charge is 0.394 e. The molecule has 12 nitrogen and oxygen atoms in total. The van der Waals surface area contributed by atoms with Gasteiger partial charge in [0.15, 0.2) is 5.03 Å². The third kappa shape index (κ3) is 7.99. The number of amides is 1. The summed E-state index contributed by atoms with van der Waals surface area (Å²) in [4.78, 5) is 29.5. The zero-order valence-electron chi connectivity index (χ0n) is 22.8. The van der Waals surface area contributed by atoms with Gasteiger partial charge in [-0.25, -0.2) is 23.5 Å². The third-order valence-electron chi connectivity index (χ3n) is 7.22. The second-order valence-corrected chi connectivity index (χ2v) is 12.0. The summed E-state index contributed by atoms with van der Waals surface area (Å²) in [6.45, 7) is 4.27. The summed E-state index contributed by atoms with van der Waals surface area (Å²) in [5.74, 6) is -0.814. The molecule has 0 spiro atoms. The van der Waals surface area contributed by atoms with Crippen molar-refractivity contribution in [2.75, 3.05) is 19.7 Å². The molecule has 0 aromatic heterocycles. The van der Waals surface area contributed by atoms with Gasteiger partial charge >= 0.3 is 0 Å². The smallest absolute Gasteiger partial charge is 0.251 e. The number of aliphatic hydroxyl groups excluding tert-OH is 1. The predicted molar refractivity (Wildman–Crippen MR) is 151 cm³/mol. The Balaban J connectivity index is 1.85. The van der Waals surface area contributed by atoms with E-state index in [4.69, 9.17) is 5.73 Å². The summed E-state index contributed by atoms with van der Waals surface area (Å²) in [5, 5.41) is 19.5. The number of benzene rings is 2. The lowest BCUT2D eigenvalue weighted by molar-refractivity contribution is -0.525. The molecule has 5 N–H and O–H groups in total. The number of nitrogens with zero attached hydrogens (tertiary/aromatic N) is 3. The molecule has 2 aromatic carbocycles. The van der Waals surface area contributed by atoms with E-state index < -0.39 is 32.4 Å². The van der Waals surface area contributed by atoms with E-state index in [0.29, 0.717) is 13.0 Å². The number of aliphatic hydroxyl groups is 1. The van der Waals surface area contributed by atoms with Crippen molar-refractivity contribution < 1.29 is 23.4 Å². The predicted octanol–water partition coefficient (Wildman–Crippen LogP) is 1.91. The fourth-order valence-corrected chi connectivity index (χ4v) is 6.14. The second-order valence-electron chi connectivity index (χ2n) is 10.3. The number of rotatable bonds is 12. The van der Waals surface area contributed by atoms with E-state index in [1.807, 2.05) is 50.2 Å². The van der Waals surface area contributed by atoms with Gasteiger partial charge in [-0.05, 0) is 55.4 Å². The molecule has 1 saturated heterocycles. The van der Waals surface area contributed by atoms with Gasteiger partial charge in [0.1, 0.15) is 6.04 Å². The summed E-state index contributed by atoms with van der Waals surface area (Å²) in [7, 11) is -4.12. The zero-order chi connectivity index (χ0) is 29.3. The molecule has 0 radical (unpaired) electrons. The molecule has 0 saturated carbocycles. The van der Waals surface area contributed by atoms with Gasteiger partial charge in [0, 0.05) is 18.5 Å². The van der Waals surface area contributed by atoms with Crippen LogP contribution < -0.4 is 15.9 Å². The average molecular weight is 575 g/mol. The SMILES string of the molecule is CC(C)(c1ccccc1)c1cccc(S(=O)(=O)NC(CCCN=C(N)N[N+](=O)[O-])C(=O)N2CCCC[C@H]2CO)c1. The molecule has 1 aliphatic heterocycles. The van der Waals surface area contributed by atoms with Gasteiger partial charge in [0.2, 0.25) is 15.9 Å². The number of carbonyl (C=O) groups is 1. The van der Waals surface area contributed by atoms with Crippen LogP contribution in [0, 0.1) is 10.1 Å². The normalized spacial score (nSPS) is 17.3. The Kier molecular flexibility index (Phi) is 10.6. The summed E-state index contributed by atoms with van der Waals surface area (Å²) in [5.41, 5.74) is 8.55. The molecular formula is C27H38N6O6S. The van der Waals surface area contributed by atoms with E-state index >= 15 is 0 Å². The molecule has 0 aliphatic carbocycles. The number of aliphatic imine (C=N–C) groups is 1. The van der Waals surface area contributed by atoms with Crippen LogP contribution in [-0.2, 0) is 20.2 Å². The highest BCUT2D eigenvalue weighted by Crippen LogP contribution is 2.32. The lowest BCUT2D eigenvalue weighted by atomic mass is 9.78. The summed E-state index contributed by atoms with van der Waals surface area (Å²) in [6, 6.07) is 14.9. The number of nitro groups is 1. The zero-order valence-corrected chi connectivity index (χ0v) is 23.6. The molecule has 13 heteroatoms. The second kappa shape index (κ2) is 13.7. The standard InChI is InChI=1S/C27H38N6O6S/c1-27(2,20-10-4-3-5-11-20)21-12-8-14-23(18-21)40(38,39)31-24(15-9-16-29-26(28)30-33(36)37)25(35)32-17-7-6-13-22(32)19-34/h3-5,8,10-12,14,18,22,24,31,34H,6-7,9,13,15-17,19H2,1-2H3,(H3,28,29,30)/t22-,24?/m0/s1. The van der Waals surface area contributed by atoms with Crippen molar-refractivity contribution in [1.82, 2.24) is 15.0 Å². The molecule has 1 fully saturated rings. The van der Waals surface area contributed by atoms with Crippen LogP contribution >= 0.6 is 0 Å². The first-order valence-corrected chi connectivity index (χ1v) is 14.7. The lowest BCUT2D eigenvalue weighted by Gasteiger charge is -2.37. The highest BCUT2D eigenvalue weighted by atomic mass is 32.2. The number of guanidine groups is 1. The maximum atomic E-state index is 13.6. The first-order valence-electron chi connectivity index (χ1n) is 13.3. The number of likely N-dealkylation sites (tertiary alicyclic amines) is 1. The van der Waals surface area contributed by atoms with E-state index in [2.05, 4.69) is 9.71 Å².